The second-order valence-corrected chi connectivity index (χ2v) is 7.45. The van der Waals surface area contributed by atoms with Crippen molar-refractivity contribution in [3.63, 3.8) is 0 Å². The average molecular weight is 357 g/mol. The molecule has 25 heavy (non-hydrogen) atoms. The maximum absolute atomic E-state index is 12.7. The number of carbonyl (C=O) groups is 1. The van der Waals surface area contributed by atoms with Gasteiger partial charge in [-0.05, 0) is 68.1 Å². The lowest BCUT2D eigenvalue weighted by molar-refractivity contribution is -0.121. The number of rotatable bonds is 4. The van der Waals surface area contributed by atoms with Crippen molar-refractivity contribution in [3.8, 4) is 0 Å². The molecule has 0 aromatic heterocycles. The number of carbonyl (C=O) groups excluding carboxylic acids is 1. The molecule has 3 nitrogen and oxygen atoms in total. The van der Waals surface area contributed by atoms with Gasteiger partial charge < -0.3 is 5.32 Å². The van der Waals surface area contributed by atoms with Gasteiger partial charge in [-0.1, -0.05) is 35.9 Å². The largest absolute Gasteiger partial charge is 0.326 e. The summed E-state index contributed by atoms with van der Waals surface area (Å²) < 4.78 is 0. The maximum atomic E-state index is 12.7. The molecule has 1 heterocycles. The monoisotopic (exact) mass is 356 g/mol. The van der Waals surface area contributed by atoms with E-state index >= 15 is 0 Å². The van der Waals surface area contributed by atoms with E-state index in [-0.39, 0.29) is 11.8 Å². The topological polar surface area (TPSA) is 32.3 Å². The summed E-state index contributed by atoms with van der Waals surface area (Å²) in [6.07, 6.45) is 1.99. The molecule has 1 atom stereocenters. The van der Waals surface area contributed by atoms with Crippen LogP contribution >= 0.6 is 11.6 Å². The molecule has 0 radical (unpaired) electrons. The van der Waals surface area contributed by atoms with Gasteiger partial charge in [-0.3, -0.25) is 9.69 Å². The van der Waals surface area contributed by atoms with Gasteiger partial charge in [-0.15, -0.1) is 0 Å². The zero-order valence-electron chi connectivity index (χ0n) is 14.9. The standard InChI is InChI=1S/C21H25ClN2O/c1-15-8-9-16(2)20(11-15)23-21(25)18-6-4-10-24(14-18)13-17-5-3-7-19(22)12-17/h3,5,7-9,11-12,18H,4,6,10,13-14H2,1-2H3,(H,23,25). The van der Waals surface area contributed by atoms with E-state index in [0.717, 1.165) is 54.3 Å². The fourth-order valence-electron chi connectivity index (χ4n) is 3.41. The number of nitrogens with one attached hydrogen (secondary N) is 1. The fraction of sp³-hybridized carbons (Fsp3) is 0.381. The van der Waals surface area contributed by atoms with Gasteiger partial charge in [0.15, 0.2) is 0 Å². The lowest BCUT2D eigenvalue weighted by Gasteiger charge is -2.32. The van der Waals surface area contributed by atoms with Crippen molar-refractivity contribution in [2.75, 3.05) is 18.4 Å². The molecule has 1 fully saturated rings. The van der Waals surface area contributed by atoms with Crippen LogP contribution in [0.15, 0.2) is 42.5 Å². The van der Waals surface area contributed by atoms with Crippen molar-refractivity contribution in [2.24, 2.45) is 5.92 Å². The summed E-state index contributed by atoms with van der Waals surface area (Å²) in [5.74, 6) is 0.164. The van der Waals surface area contributed by atoms with E-state index in [1.165, 1.54) is 5.56 Å². The van der Waals surface area contributed by atoms with Crippen LogP contribution < -0.4 is 5.32 Å². The van der Waals surface area contributed by atoms with Crippen molar-refractivity contribution in [1.82, 2.24) is 4.90 Å². The summed E-state index contributed by atoms with van der Waals surface area (Å²) in [5, 5.41) is 3.89. The molecule has 1 aliphatic heterocycles. The van der Waals surface area contributed by atoms with Gasteiger partial charge >= 0.3 is 0 Å². The number of amides is 1. The quantitative estimate of drug-likeness (QED) is 0.852. The average Bonchev–Trinajstić information content (AvgIpc) is 2.58. The van der Waals surface area contributed by atoms with Crippen LogP contribution in [0, 0.1) is 19.8 Å². The Kier molecular flexibility index (Phi) is 5.77. The Bertz CT molecular complexity index is 759. The van der Waals surface area contributed by atoms with Crippen molar-refractivity contribution < 1.29 is 4.79 Å². The first-order chi connectivity index (χ1) is 12.0. The molecule has 1 aliphatic rings. The highest BCUT2D eigenvalue weighted by Crippen LogP contribution is 2.23. The van der Waals surface area contributed by atoms with E-state index in [0.29, 0.717) is 0 Å². The van der Waals surface area contributed by atoms with Gasteiger partial charge in [-0.2, -0.15) is 0 Å². The summed E-state index contributed by atoms with van der Waals surface area (Å²) in [4.78, 5) is 15.1. The van der Waals surface area contributed by atoms with E-state index < -0.39 is 0 Å². The zero-order valence-corrected chi connectivity index (χ0v) is 15.6. The number of anilines is 1. The molecule has 1 amide bonds. The van der Waals surface area contributed by atoms with Crippen LogP contribution in [0.5, 0.6) is 0 Å². The number of halogens is 1. The minimum Gasteiger partial charge on any atom is -0.326 e. The van der Waals surface area contributed by atoms with Crippen LogP contribution in [0.4, 0.5) is 5.69 Å². The van der Waals surface area contributed by atoms with Crippen molar-refractivity contribution >= 4 is 23.2 Å². The predicted octanol–water partition coefficient (Wildman–Crippen LogP) is 4.81. The summed E-state index contributed by atoms with van der Waals surface area (Å²) in [6, 6.07) is 14.1. The fourth-order valence-corrected chi connectivity index (χ4v) is 3.62. The van der Waals surface area contributed by atoms with Crippen LogP contribution in [0.1, 0.15) is 29.5 Å². The highest BCUT2D eigenvalue weighted by molar-refractivity contribution is 6.30. The van der Waals surface area contributed by atoms with E-state index in [1.807, 2.05) is 38.1 Å². The van der Waals surface area contributed by atoms with Crippen molar-refractivity contribution in [2.45, 2.75) is 33.2 Å². The van der Waals surface area contributed by atoms with Gasteiger partial charge in [0.25, 0.3) is 0 Å². The summed E-state index contributed by atoms with van der Waals surface area (Å²) in [5.41, 5.74) is 4.39. The molecule has 132 valence electrons. The van der Waals surface area contributed by atoms with Crippen LogP contribution in [0.25, 0.3) is 0 Å². The van der Waals surface area contributed by atoms with Crippen LogP contribution in [0.2, 0.25) is 5.02 Å². The number of likely N-dealkylation sites (tertiary alicyclic amines) is 1. The highest BCUT2D eigenvalue weighted by atomic mass is 35.5. The Hall–Kier alpha value is -1.84. The molecule has 0 bridgehead atoms. The Morgan fingerprint density at radius 3 is 2.88 bits per heavy atom. The molecule has 1 N–H and O–H groups in total. The van der Waals surface area contributed by atoms with E-state index in [9.17, 15) is 4.79 Å². The highest BCUT2D eigenvalue weighted by Gasteiger charge is 2.26. The molecule has 3 rings (SSSR count). The number of aryl methyl sites for hydroxylation is 2. The molecule has 0 saturated carbocycles. The maximum Gasteiger partial charge on any atom is 0.228 e. The molecular weight excluding hydrogens is 332 g/mol. The minimum atomic E-state index is 0.0350. The number of hydrogen-bond donors (Lipinski definition) is 1. The zero-order chi connectivity index (χ0) is 17.8. The third kappa shape index (κ3) is 4.83. The lowest BCUT2D eigenvalue weighted by Crippen LogP contribution is -2.40. The van der Waals surface area contributed by atoms with Gasteiger partial charge in [-0.25, -0.2) is 0 Å². The Morgan fingerprint density at radius 2 is 2.08 bits per heavy atom. The second-order valence-electron chi connectivity index (χ2n) is 7.01. The Balaban J connectivity index is 1.62. The first-order valence-electron chi connectivity index (χ1n) is 8.86. The number of benzene rings is 2. The molecule has 2 aromatic carbocycles. The van der Waals surface area contributed by atoms with Gasteiger partial charge in [0.2, 0.25) is 5.91 Å². The molecule has 1 unspecified atom stereocenters. The van der Waals surface area contributed by atoms with E-state index in [1.54, 1.807) is 0 Å². The Morgan fingerprint density at radius 1 is 1.24 bits per heavy atom. The molecule has 1 saturated heterocycles. The number of piperidine rings is 1. The molecule has 0 aliphatic carbocycles. The molecule has 0 spiro atoms. The predicted molar refractivity (Wildman–Crippen MR) is 104 cm³/mol. The first kappa shape index (κ1) is 18.0. The number of nitrogens with zero attached hydrogens (tertiary/aromatic N) is 1. The normalized spacial score (nSPS) is 18.1. The smallest absolute Gasteiger partial charge is 0.228 e. The molecular formula is C21H25ClN2O. The molecule has 4 heteroatoms. The van der Waals surface area contributed by atoms with E-state index in [2.05, 4.69) is 28.4 Å². The SMILES string of the molecule is Cc1ccc(C)c(NC(=O)C2CCCN(Cc3cccc(Cl)c3)C2)c1. The van der Waals surface area contributed by atoms with Crippen LogP contribution in [-0.2, 0) is 11.3 Å². The summed E-state index contributed by atoms with van der Waals surface area (Å²) in [7, 11) is 0. The Labute approximate surface area is 155 Å². The van der Waals surface area contributed by atoms with Crippen molar-refractivity contribution in [3.05, 3.63) is 64.2 Å². The van der Waals surface area contributed by atoms with Crippen molar-refractivity contribution in [1.29, 1.82) is 0 Å². The number of hydrogen-bond acceptors (Lipinski definition) is 2. The van der Waals surface area contributed by atoms with Crippen LogP contribution in [0.3, 0.4) is 0 Å². The minimum absolute atomic E-state index is 0.0350. The second kappa shape index (κ2) is 8.03. The molecule has 2 aromatic rings. The van der Waals surface area contributed by atoms with E-state index in [4.69, 9.17) is 11.6 Å². The summed E-state index contributed by atoms with van der Waals surface area (Å²) >= 11 is 6.08. The lowest BCUT2D eigenvalue weighted by atomic mass is 9.96. The van der Waals surface area contributed by atoms with Gasteiger partial charge in [0, 0.05) is 23.8 Å². The third-order valence-electron chi connectivity index (χ3n) is 4.82. The first-order valence-corrected chi connectivity index (χ1v) is 9.24. The van der Waals surface area contributed by atoms with Crippen LogP contribution in [-0.4, -0.2) is 23.9 Å². The van der Waals surface area contributed by atoms with Gasteiger partial charge in [0.05, 0.1) is 5.92 Å². The van der Waals surface area contributed by atoms with Gasteiger partial charge in [0.1, 0.15) is 0 Å². The summed E-state index contributed by atoms with van der Waals surface area (Å²) in [6.45, 7) is 6.74. The third-order valence-corrected chi connectivity index (χ3v) is 5.06.